The van der Waals surface area contributed by atoms with Crippen LogP contribution in [-0.2, 0) is 7.05 Å². The summed E-state index contributed by atoms with van der Waals surface area (Å²) < 4.78 is 6.97. The lowest BCUT2D eigenvalue weighted by Crippen LogP contribution is -1.95. The molecule has 0 saturated heterocycles. The van der Waals surface area contributed by atoms with Crippen LogP contribution in [0.2, 0.25) is 0 Å². The van der Waals surface area contributed by atoms with Crippen molar-refractivity contribution in [1.82, 2.24) is 19.7 Å². The number of anilines is 2. The van der Waals surface area contributed by atoms with Crippen LogP contribution in [0.5, 0.6) is 5.75 Å². The van der Waals surface area contributed by atoms with Gasteiger partial charge in [0.2, 0.25) is 0 Å². The second-order valence-electron chi connectivity index (χ2n) is 6.10. The van der Waals surface area contributed by atoms with E-state index in [9.17, 15) is 4.79 Å². The smallest absolute Gasteiger partial charge is 0.150 e. The van der Waals surface area contributed by atoms with E-state index in [-0.39, 0.29) is 0 Å². The zero-order valence-electron chi connectivity index (χ0n) is 14.9. The van der Waals surface area contributed by atoms with E-state index < -0.39 is 0 Å². The van der Waals surface area contributed by atoms with Crippen molar-refractivity contribution in [3.63, 3.8) is 0 Å². The van der Waals surface area contributed by atoms with Crippen LogP contribution in [-0.4, -0.2) is 33.1 Å². The number of methoxy groups -OCH3 is 1. The van der Waals surface area contributed by atoms with Crippen molar-refractivity contribution in [3.8, 4) is 17.0 Å². The Kier molecular flexibility index (Phi) is 4.25. The number of rotatable bonds is 5. The predicted molar refractivity (Wildman–Crippen MR) is 103 cm³/mol. The van der Waals surface area contributed by atoms with Crippen molar-refractivity contribution in [2.75, 3.05) is 12.4 Å². The quantitative estimate of drug-likeness (QED) is 0.548. The van der Waals surface area contributed by atoms with E-state index in [0.717, 1.165) is 40.0 Å². The SMILES string of the molecule is COc1cc(C=O)cc(Nc2ccc3ncc(-c4cnn(C)c4)nc3c2)c1. The fraction of sp³-hybridized carbons (Fsp3) is 0.100. The summed E-state index contributed by atoms with van der Waals surface area (Å²) in [4.78, 5) is 20.3. The third-order valence-corrected chi connectivity index (χ3v) is 4.13. The number of aldehydes is 1. The van der Waals surface area contributed by atoms with Crippen LogP contribution in [0.25, 0.3) is 22.3 Å². The first-order valence-corrected chi connectivity index (χ1v) is 8.32. The number of benzene rings is 2. The molecule has 4 aromatic rings. The number of fused-ring (bicyclic) bond motifs is 1. The summed E-state index contributed by atoms with van der Waals surface area (Å²) in [5.74, 6) is 0.613. The van der Waals surface area contributed by atoms with Gasteiger partial charge in [-0.3, -0.25) is 14.5 Å². The average molecular weight is 359 g/mol. The lowest BCUT2D eigenvalue weighted by molar-refractivity contribution is 0.112. The number of carbonyl (C=O) groups excluding carboxylic acids is 1. The molecule has 0 unspecified atom stereocenters. The molecule has 0 spiro atoms. The molecule has 0 saturated carbocycles. The highest BCUT2D eigenvalue weighted by Crippen LogP contribution is 2.26. The molecule has 0 aliphatic carbocycles. The summed E-state index contributed by atoms with van der Waals surface area (Å²) in [6, 6.07) is 11.0. The number of hydrogen-bond donors (Lipinski definition) is 1. The Hall–Kier alpha value is -3.74. The average Bonchev–Trinajstić information content (AvgIpc) is 3.13. The molecule has 1 N–H and O–H groups in total. The molecule has 0 fully saturated rings. The van der Waals surface area contributed by atoms with E-state index in [0.29, 0.717) is 11.3 Å². The minimum atomic E-state index is 0.538. The van der Waals surface area contributed by atoms with Crippen molar-refractivity contribution >= 4 is 28.7 Å². The van der Waals surface area contributed by atoms with Crippen molar-refractivity contribution in [1.29, 1.82) is 0 Å². The van der Waals surface area contributed by atoms with Gasteiger partial charge < -0.3 is 10.1 Å². The number of carbonyl (C=O) groups is 1. The van der Waals surface area contributed by atoms with Crippen molar-refractivity contribution < 1.29 is 9.53 Å². The molecule has 0 aliphatic heterocycles. The molecule has 2 aromatic heterocycles. The highest BCUT2D eigenvalue weighted by Gasteiger charge is 2.07. The first kappa shape index (κ1) is 16.7. The first-order valence-electron chi connectivity index (χ1n) is 8.32. The zero-order chi connectivity index (χ0) is 18.8. The summed E-state index contributed by atoms with van der Waals surface area (Å²) in [6.07, 6.45) is 6.19. The standard InChI is InChI=1S/C20H17N5O2/c1-25-11-14(9-22-25)20-10-21-18-4-3-15(8-19(18)24-20)23-16-5-13(12-26)6-17(7-16)27-2/h3-12,23H,1-2H3. The maximum absolute atomic E-state index is 11.1. The number of ether oxygens (including phenoxy) is 1. The molecular weight excluding hydrogens is 342 g/mol. The van der Waals surface area contributed by atoms with E-state index in [4.69, 9.17) is 9.72 Å². The summed E-state index contributed by atoms with van der Waals surface area (Å²) in [7, 11) is 3.43. The molecule has 134 valence electrons. The van der Waals surface area contributed by atoms with Gasteiger partial charge in [0.05, 0.1) is 36.2 Å². The zero-order valence-corrected chi connectivity index (χ0v) is 14.9. The molecule has 0 amide bonds. The Labute approximate surface area is 155 Å². The molecule has 2 heterocycles. The Balaban J connectivity index is 1.69. The van der Waals surface area contributed by atoms with Crippen LogP contribution in [0.1, 0.15) is 10.4 Å². The summed E-state index contributed by atoms with van der Waals surface area (Å²) in [5.41, 5.74) is 5.37. The fourth-order valence-corrected chi connectivity index (χ4v) is 2.83. The minimum absolute atomic E-state index is 0.538. The number of hydrogen-bond acceptors (Lipinski definition) is 6. The minimum Gasteiger partial charge on any atom is -0.497 e. The number of nitrogens with zero attached hydrogens (tertiary/aromatic N) is 4. The summed E-state index contributed by atoms with van der Waals surface area (Å²) >= 11 is 0. The van der Waals surface area contributed by atoms with Gasteiger partial charge in [-0.05, 0) is 30.3 Å². The number of aryl methyl sites for hydroxylation is 1. The van der Waals surface area contributed by atoms with Crippen LogP contribution >= 0.6 is 0 Å². The molecular formula is C20H17N5O2. The highest BCUT2D eigenvalue weighted by molar-refractivity contribution is 5.83. The van der Waals surface area contributed by atoms with E-state index in [1.165, 1.54) is 0 Å². The van der Waals surface area contributed by atoms with E-state index in [1.807, 2.05) is 37.5 Å². The van der Waals surface area contributed by atoms with Gasteiger partial charge >= 0.3 is 0 Å². The summed E-state index contributed by atoms with van der Waals surface area (Å²) in [6.45, 7) is 0. The van der Waals surface area contributed by atoms with Gasteiger partial charge in [0, 0.05) is 41.8 Å². The maximum Gasteiger partial charge on any atom is 0.150 e. The molecule has 2 aromatic carbocycles. The van der Waals surface area contributed by atoms with Crippen molar-refractivity contribution in [2.45, 2.75) is 0 Å². The van der Waals surface area contributed by atoms with Crippen LogP contribution < -0.4 is 10.1 Å². The summed E-state index contributed by atoms with van der Waals surface area (Å²) in [5, 5.41) is 7.46. The molecule has 4 rings (SSSR count). The predicted octanol–water partition coefficient (Wildman–Crippen LogP) is 3.60. The molecule has 7 heteroatoms. The third-order valence-electron chi connectivity index (χ3n) is 4.13. The Bertz CT molecular complexity index is 1140. The Morgan fingerprint density at radius 3 is 2.70 bits per heavy atom. The van der Waals surface area contributed by atoms with E-state index >= 15 is 0 Å². The lowest BCUT2D eigenvalue weighted by Gasteiger charge is -2.10. The monoisotopic (exact) mass is 359 g/mol. The van der Waals surface area contributed by atoms with Crippen LogP contribution in [0.4, 0.5) is 11.4 Å². The molecule has 0 atom stereocenters. The Morgan fingerprint density at radius 1 is 1.07 bits per heavy atom. The fourth-order valence-electron chi connectivity index (χ4n) is 2.83. The molecule has 0 bridgehead atoms. The normalized spacial score (nSPS) is 10.7. The van der Waals surface area contributed by atoms with Crippen LogP contribution in [0.15, 0.2) is 55.0 Å². The second-order valence-corrected chi connectivity index (χ2v) is 6.10. The van der Waals surface area contributed by atoms with Crippen LogP contribution in [0.3, 0.4) is 0 Å². The largest absolute Gasteiger partial charge is 0.497 e. The van der Waals surface area contributed by atoms with Gasteiger partial charge in [-0.1, -0.05) is 0 Å². The van der Waals surface area contributed by atoms with Gasteiger partial charge in [0.25, 0.3) is 0 Å². The van der Waals surface area contributed by atoms with Crippen LogP contribution in [0, 0.1) is 0 Å². The van der Waals surface area contributed by atoms with Gasteiger partial charge in [-0.2, -0.15) is 5.10 Å². The van der Waals surface area contributed by atoms with Gasteiger partial charge in [-0.25, -0.2) is 4.98 Å². The number of aromatic nitrogens is 4. The first-order chi connectivity index (χ1) is 13.1. The van der Waals surface area contributed by atoms with E-state index in [2.05, 4.69) is 15.4 Å². The Morgan fingerprint density at radius 2 is 1.96 bits per heavy atom. The molecule has 27 heavy (non-hydrogen) atoms. The highest BCUT2D eigenvalue weighted by atomic mass is 16.5. The number of nitrogens with one attached hydrogen (secondary N) is 1. The van der Waals surface area contributed by atoms with Crippen molar-refractivity contribution in [3.05, 3.63) is 60.6 Å². The van der Waals surface area contributed by atoms with E-state index in [1.54, 1.807) is 36.3 Å². The lowest BCUT2D eigenvalue weighted by atomic mass is 10.2. The van der Waals surface area contributed by atoms with Crippen molar-refractivity contribution in [2.24, 2.45) is 7.05 Å². The molecule has 7 nitrogen and oxygen atoms in total. The molecule has 0 radical (unpaired) electrons. The molecule has 0 aliphatic rings. The van der Waals surface area contributed by atoms with Gasteiger partial charge in [-0.15, -0.1) is 0 Å². The van der Waals surface area contributed by atoms with Gasteiger partial charge in [0.15, 0.2) is 0 Å². The maximum atomic E-state index is 11.1. The topological polar surface area (TPSA) is 81.9 Å². The third kappa shape index (κ3) is 3.48. The van der Waals surface area contributed by atoms with Gasteiger partial charge in [0.1, 0.15) is 12.0 Å². The second kappa shape index (κ2) is 6.87.